The van der Waals surface area contributed by atoms with Crippen LogP contribution in [0.2, 0.25) is 0 Å². The van der Waals surface area contributed by atoms with Crippen molar-refractivity contribution in [2.24, 2.45) is 0 Å². The van der Waals surface area contributed by atoms with Crippen molar-refractivity contribution in [2.45, 2.75) is 13.5 Å². The lowest BCUT2D eigenvalue weighted by molar-refractivity contribution is 0.0456. The molecule has 2 aromatic heterocycles. The fourth-order valence-electron chi connectivity index (χ4n) is 2.34. The molecule has 0 aliphatic rings. The van der Waals surface area contributed by atoms with Crippen LogP contribution in [-0.4, -0.2) is 15.4 Å². The number of ether oxygens (including phenoxy) is 1. The molecule has 24 heavy (non-hydrogen) atoms. The zero-order valence-corrected chi connectivity index (χ0v) is 12.6. The molecule has 3 rings (SSSR count). The van der Waals surface area contributed by atoms with Crippen molar-refractivity contribution in [1.29, 1.82) is 0 Å². The molecule has 0 unspecified atom stereocenters. The van der Waals surface area contributed by atoms with Gasteiger partial charge in [0, 0.05) is 11.8 Å². The van der Waals surface area contributed by atoms with Crippen molar-refractivity contribution >= 4 is 11.6 Å². The molecular weight excluding hydrogens is 318 g/mol. The first kappa shape index (κ1) is 15.8. The average molecular weight is 330 g/mol. The van der Waals surface area contributed by atoms with Gasteiger partial charge in [-0.05, 0) is 31.2 Å². The molecule has 0 spiro atoms. The normalized spacial score (nSPS) is 10.8. The zero-order valence-electron chi connectivity index (χ0n) is 12.6. The summed E-state index contributed by atoms with van der Waals surface area (Å²) < 4.78 is 33.4. The summed E-state index contributed by atoms with van der Waals surface area (Å²) in [5, 5.41) is 0. The van der Waals surface area contributed by atoms with Crippen LogP contribution < -0.4 is 5.56 Å². The molecule has 0 amide bonds. The number of aromatic nitrogens is 2. The number of esters is 1. The van der Waals surface area contributed by atoms with Gasteiger partial charge in [-0.15, -0.1) is 0 Å². The van der Waals surface area contributed by atoms with E-state index in [-0.39, 0.29) is 17.9 Å². The van der Waals surface area contributed by atoms with Crippen LogP contribution in [-0.2, 0) is 11.3 Å². The third-order valence-corrected chi connectivity index (χ3v) is 3.45. The van der Waals surface area contributed by atoms with E-state index in [1.807, 2.05) is 0 Å². The summed E-state index contributed by atoms with van der Waals surface area (Å²) >= 11 is 0. The van der Waals surface area contributed by atoms with Gasteiger partial charge >= 0.3 is 5.97 Å². The van der Waals surface area contributed by atoms with Crippen molar-refractivity contribution in [3.63, 3.8) is 0 Å². The SMILES string of the molecule is Cc1cccc2nc(COC(=O)c3c(F)cccc3F)cc(=O)n12. The molecule has 0 aliphatic carbocycles. The van der Waals surface area contributed by atoms with Crippen LogP contribution in [0.1, 0.15) is 21.7 Å². The molecule has 0 saturated heterocycles. The van der Waals surface area contributed by atoms with E-state index >= 15 is 0 Å². The summed E-state index contributed by atoms with van der Waals surface area (Å²) in [6, 6.07) is 9.42. The third-order valence-electron chi connectivity index (χ3n) is 3.45. The smallest absolute Gasteiger partial charge is 0.344 e. The molecule has 0 bridgehead atoms. The lowest BCUT2D eigenvalue weighted by atomic mass is 10.2. The first-order chi connectivity index (χ1) is 11.5. The maximum absolute atomic E-state index is 13.5. The number of hydrogen-bond acceptors (Lipinski definition) is 4. The Labute approximate surface area is 135 Å². The molecule has 122 valence electrons. The fraction of sp³-hybridized carbons (Fsp3) is 0.118. The molecule has 0 aliphatic heterocycles. The van der Waals surface area contributed by atoms with E-state index in [9.17, 15) is 18.4 Å². The predicted octanol–water partition coefficient (Wildman–Crippen LogP) is 2.64. The second-order valence-corrected chi connectivity index (χ2v) is 5.12. The van der Waals surface area contributed by atoms with Crippen LogP contribution in [0.5, 0.6) is 0 Å². The topological polar surface area (TPSA) is 60.7 Å². The largest absolute Gasteiger partial charge is 0.455 e. The van der Waals surface area contributed by atoms with Crippen LogP contribution in [0.15, 0.2) is 47.3 Å². The van der Waals surface area contributed by atoms with Crippen LogP contribution in [0.3, 0.4) is 0 Å². The van der Waals surface area contributed by atoms with Crippen molar-refractivity contribution in [3.8, 4) is 0 Å². The van der Waals surface area contributed by atoms with Gasteiger partial charge in [-0.25, -0.2) is 18.6 Å². The van der Waals surface area contributed by atoms with Gasteiger partial charge in [0.15, 0.2) is 0 Å². The Morgan fingerprint density at radius 2 is 1.83 bits per heavy atom. The molecule has 0 radical (unpaired) electrons. The highest BCUT2D eigenvalue weighted by atomic mass is 19.1. The molecule has 1 aromatic carbocycles. The highest BCUT2D eigenvalue weighted by Crippen LogP contribution is 2.14. The maximum Gasteiger partial charge on any atom is 0.344 e. The van der Waals surface area contributed by atoms with E-state index in [1.165, 1.54) is 10.5 Å². The van der Waals surface area contributed by atoms with Crippen molar-refractivity contribution in [3.05, 3.63) is 81.4 Å². The van der Waals surface area contributed by atoms with Gasteiger partial charge in [0.1, 0.15) is 29.5 Å². The zero-order chi connectivity index (χ0) is 17.3. The summed E-state index contributed by atoms with van der Waals surface area (Å²) in [5.41, 5.74) is 0.190. The third kappa shape index (κ3) is 2.88. The van der Waals surface area contributed by atoms with E-state index < -0.39 is 23.2 Å². The molecule has 7 heteroatoms. The highest BCUT2D eigenvalue weighted by molar-refractivity contribution is 5.89. The number of fused-ring (bicyclic) bond motifs is 1. The lowest BCUT2D eigenvalue weighted by Crippen LogP contribution is -2.18. The van der Waals surface area contributed by atoms with E-state index in [2.05, 4.69) is 4.98 Å². The molecule has 0 saturated carbocycles. The molecule has 2 heterocycles. The molecule has 3 aromatic rings. The van der Waals surface area contributed by atoms with Crippen LogP contribution in [0.25, 0.3) is 5.65 Å². The standard InChI is InChI=1S/C17H12F2N2O3/c1-10-4-2-7-14-20-11(8-15(22)21(10)14)9-24-17(23)16-12(18)5-3-6-13(16)19/h2-8H,9H2,1H3. The number of aryl methyl sites for hydroxylation is 1. The minimum absolute atomic E-state index is 0.190. The van der Waals surface area contributed by atoms with E-state index in [4.69, 9.17) is 4.74 Å². The van der Waals surface area contributed by atoms with E-state index in [0.29, 0.717) is 11.3 Å². The van der Waals surface area contributed by atoms with E-state index in [0.717, 1.165) is 18.2 Å². The Kier molecular flexibility index (Phi) is 4.07. The number of benzene rings is 1. The Balaban J connectivity index is 1.86. The van der Waals surface area contributed by atoms with Crippen molar-refractivity contribution in [1.82, 2.24) is 9.38 Å². The van der Waals surface area contributed by atoms with Crippen LogP contribution in [0, 0.1) is 18.6 Å². The van der Waals surface area contributed by atoms with Crippen molar-refractivity contribution in [2.75, 3.05) is 0 Å². The summed E-state index contributed by atoms with van der Waals surface area (Å²) in [4.78, 5) is 28.2. The number of halogens is 2. The summed E-state index contributed by atoms with van der Waals surface area (Å²) in [6.07, 6.45) is 0. The van der Waals surface area contributed by atoms with Gasteiger partial charge in [0.2, 0.25) is 0 Å². The summed E-state index contributed by atoms with van der Waals surface area (Å²) in [5.74, 6) is -3.18. The second-order valence-electron chi connectivity index (χ2n) is 5.12. The lowest BCUT2D eigenvalue weighted by Gasteiger charge is -2.08. The second kappa shape index (κ2) is 6.19. The van der Waals surface area contributed by atoms with Crippen LogP contribution >= 0.6 is 0 Å². The van der Waals surface area contributed by atoms with Gasteiger partial charge in [0.25, 0.3) is 5.56 Å². The molecule has 0 N–H and O–H groups in total. The maximum atomic E-state index is 13.5. The molecule has 5 nitrogen and oxygen atoms in total. The Morgan fingerprint density at radius 3 is 2.54 bits per heavy atom. The molecule has 0 atom stereocenters. The van der Waals surface area contributed by atoms with Gasteiger partial charge in [-0.1, -0.05) is 12.1 Å². The van der Waals surface area contributed by atoms with Gasteiger partial charge in [-0.2, -0.15) is 0 Å². The molecule has 0 fully saturated rings. The van der Waals surface area contributed by atoms with Gasteiger partial charge < -0.3 is 4.74 Å². The number of pyridine rings is 1. The first-order valence-corrected chi connectivity index (χ1v) is 7.07. The van der Waals surface area contributed by atoms with Gasteiger partial charge in [-0.3, -0.25) is 9.20 Å². The monoisotopic (exact) mass is 330 g/mol. The number of rotatable bonds is 3. The number of carbonyl (C=O) groups excluding carboxylic acids is 1. The average Bonchev–Trinajstić information content (AvgIpc) is 2.52. The Hall–Kier alpha value is -3.09. The summed E-state index contributed by atoms with van der Waals surface area (Å²) in [6.45, 7) is 1.39. The predicted molar refractivity (Wildman–Crippen MR) is 81.7 cm³/mol. The minimum atomic E-state index is -1.16. The Morgan fingerprint density at radius 1 is 1.17 bits per heavy atom. The fourth-order valence-corrected chi connectivity index (χ4v) is 2.34. The quantitative estimate of drug-likeness (QED) is 0.693. The van der Waals surface area contributed by atoms with Gasteiger partial charge in [0.05, 0.1) is 5.69 Å². The van der Waals surface area contributed by atoms with Crippen LogP contribution in [0.4, 0.5) is 8.78 Å². The number of carbonyl (C=O) groups is 1. The first-order valence-electron chi connectivity index (χ1n) is 7.07. The highest BCUT2D eigenvalue weighted by Gasteiger charge is 2.19. The van der Waals surface area contributed by atoms with E-state index in [1.54, 1.807) is 25.1 Å². The Bertz CT molecular complexity index is 979. The number of hydrogen-bond donors (Lipinski definition) is 0. The minimum Gasteiger partial charge on any atom is -0.455 e. The summed E-state index contributed by atoms with van der Waals surface area (Å²) in [7, 11) is 0. The number of nitrogens with zero attached hydrogens (tertiary/aromatic N) is 2. The molecular formula is C17H12F2N2O3. The van der Waals surface area contributed by atoms with Crippen molar-refractivity contribution < 1.29 is 18.3 Å².